The summed E-state index contributed by atoms with van der Waals surface area (Å²) in [6, 6.07) is 9.38. The van der Waals surface area contributed by atoms with Crippen LogP contribution in [0.2, 0.25) is 0 Å². The minimum Gasteiger partial charge on any atom is -0.480 e. The van der Waals surface area contributed by atoms with Crippen molar-refractivity contribution in [3.05, 3.63) is 35.9 Å². The van der Waals surface area contributed by atoms with E-state index in [2.05, 4.69) is 31.3 Å². The van der Waals surface area contributed by atoms with Gasteiger partial charge in [0.25, 0.3) is 0 Å². The molecule has 0 fully saturated rings. The van der Waals surface area contributed by atoms with Crippen molar-refractivity contribution in [3.8, 4) is 0 Å². The molecule has 2 N–H and O–H groups in total. The van der Waals surface area contributed by atoms with Crippen LogP contribution in [0.3, 0.4) is 0 Å². The minimum atomic E-state index is -0.978. The van der Waals surface area contributed by atoms with E-state index in [1.54, 1.807) is 11.8 Å². The van der Waals surface area contributed by atoms with Crippen LogP contribution in [0.5, 0.6) is 0 Å². The number of hydrogen-bond donors (Lipinski definition) is 2. The molecule has 0 radical (unpaired) electrons. The third-order valence-electron chi connectivity index (χ3n) is 3.18. The number of amides is 1. The SMILES string of the molecule is CC(=O)NC(CCC(C)(C)SCc1ccccc1)C(=O)O. The number of thioether (sulfide) groups is 1. The molecule has 0 aliphatic rings. The van der Waals surface area contributed by atoms with Crippen LogP contribution in [-0.4, -0.2) is 27.8 Å². The summed E-state index contributed by atoms with van der Waals surface area (Å²) in [4.78, 5) is 22.1. The van der Waals surface area contributed by atoms with Crippen molar-refractivity contribution >= 4 is 23.6 Å². The second-order valence-corrected chi connectivity index (χ2v) is 7.35. The first kappa shape index (κ1) is 17.6. The number of carboxylic acid groups (broad SMARTS) is 1. The zero-order chi connectivity index (χ0) is 15.9. The third kappa shape index (κ3) is 7.18. The molecule has 4 nitrogen and oxygen atoms in total. The Bertz CT molecular complexity index is 474. The van der Waals surface area contributed by atoms with Gasteiger partial charge in [0.15, 0.2) is 0 Å². The molecule has 1 rings (SSSR count). The first-order valence-corrected chi connectivity index (χ1v) is 7.96. The fraction of sp³-hybridized carbons (Fsp3) is 0.500. The Labute approximate surface area is 130 Å². The molecule has 0 spiro atoms. The van der Waals surface area contributed by atoms with E-state index < -0.39 is 12.0 Å². The molecule has 0 aliphatic carbocycles. The van der Waals surface area contributed by atoms with Gasteiger partial charge in [-0.3, -0.25) is 4.79 Å². The predicted octanol–water partition coefficient (Wildman–Crippen LogP) is 3.07. The fourth-order valence-electron chi connectivity index (χ4n) is 1.92. The number of carboxylic acids is 1. The monoisotopic (exact) mass is 309 g/mol. The van der Waals surface area contributed by atoms with Gasteiger partial charge in [-0.15, -0.1) is 0 Å². The van der Waals surface area contributed by atoms with Crippen LogP contribution >= 0.6 is 11.8 Å². The average Bonchev–Trinajstić information content (AvgIpc) is 2.42. The first-order valence-electron chi connectivity index (χ1n) is 6.98. The first-order chi connectivity index (χ1) is 9.80. The molecule has 1 atom stereocenters. The van der Waals surface area contributed by atoms with Crippen molar-refractivity contribution in [2.45, 2.75) is 50.2 Å². The molecule has 0 aliphatic heterocycles. The summed E-state index contributed by atoms with van der Waals surface area (Å²) in [5, 5.41) is 11.6. The molecule has 0 saturated heterocycles. The Balaban J connectivity index is 2.47. The van der Waals surface area contributed by atoms with Crippen molar-refractivity contribution in [2.75, 3.05) is 0 Å². The lowest BCUT2D eigenvalue weighted by molar-refractivity contribution is -0.141. The maximum Gasteiger partial charge on any atom is 0.326 e. The molecular formula is C16H23NO3S. The Morgan fingerprint density at radius 2 is 1.90 bits per heavy atom. The topological polar surface area (TPSA) is 66.4 Å². The van der Waals surface area contributed by atoms with Gasteiger partial charge in [0.05, 0.1) is 0 Å². The number of nitrogens with one attached hydrogen (secondary N) is 1. The minimum absolute atomic E-state index is 0.0397. The van der Waals surface area contributed by atoms with Crippen LogP contribution in [0.15, 0.2) is 30.3 Å². The molecule has 0 bridgehead atoms. The Kier molecular flexibility index (Phi) is 6.75. The van der Waals surface area contributed by atoms with E-state index in [1.807, 2.05) is 18.2 Å². The van der Waals surface area contributed by atoms with Gasteiger partial charge in [0.1, 0.15) is 6.04 Å². The second kappa shape index (κ2) is 8.08. The standard InChI is InChI=1S/C16H23NO3S/c1-12(18)17-14(15(19)20)9-10-16(2,3)21-11-13-7-5-4-6-8-13/h4-8,14H,9-11H2,1-3H3,(H,17,18)(H,19,20). The van der Waals surface area contributed by atoms with Crippen LogP contribution in [0.25, 0.3) is 0 Å². The van der Waals surface area contributed by atoms with Crippen LogP contribution in [0.1, 0.15) is 39.2 Å². The quantitative estimate of drug-likeness (QED) is 0.774. The summed E-state index contributed by atoms with van der Waals surface area (Å²) >= 11 is 1.80. The fourth-order valence-corrected chi connectivity index (χ4v) is 2.93. The van der Waals surface area contributed by atoms with Gasteiger partial charge in [0.2, 0.25) is 5.91 Å². The van der Waals surface area contributed by atoms with E-state index in [0.717, 1.165) is 12.2 Å². The Morgan fingerprint density at radius 3 is 2.43 bits per heavy atom. The van der Waals surface area contributed by atoms with Crippen LogP contribution < -0.4 is 5.32 Å². The van der Waals surface area contributed by atoms with Gasteiger partial charge >= 0.3 is 5.97 Å². The van der Waals surface area contributed by atoms with E-state index in [9.17, 15) is 9.59 Å². The molecule has 0 aromatic heterocycles. The summed E-state index contributed by atoms with van der Waals surface area (Å²) in [7, 11) is 0. The van der Waals surface area contributed by atoms with Gasteiger partial charge < -0.3 is 10.4 Å². The summed E-state index contributed by atoms with van der Waals surface area (Å²) in [6.07, 6.45) is 1.16. The predicted molar refractivity (Wildman–Crippen MR) is 86.3 cm³/mol. The number of benzene rings is 1. The lowest BCUT2D eigenvalue weighted by Crippen LogP contribution is -2.40. The number of carbonyl (C=O) groups is 2. The molecule has 1 aromatic rings. The number of carbonyl (C=O) groups excluding carboxylic acids is 1. The van der Waals surface area contributed by atoms with E-state index in [1.165, 1.54) is 12.5 Å². The van der Waals surface area contributed by atoms with Crippen molar-refractivity contribution in [1.82, 2.24) is 5.32 Å². The second-order valence-electron chi connectivity index (χ2n) is 5.66. The van der Waals surface area contributed by atoms with Crippen LogP contribution in [0.4, 0.5) is 0 Å². The molecule has 5 heteroatoms. The summed E-state index contributed by atoms with van der Waals surface area (Å²) in [6.45, 7) is 5.55. The van der Waals surface area contributed by atoms with Crippen molar-refractivity contribution in [1.29, 1.82) is 0 Å². The Morgan fingerprint density at radius 1 is 1.29 bits per heavy atom. The van der Waals surface area contributed by atoms with E-state index in [4.69, 9.17) is 5.11 Å². The molecule has 1 aromatic carbocycles. The van der Waals surface area contributed by atoms with Crippen molar-refractivity contribution in [3.63, 3.8) is 0 Å². The zero-order valence-electron chi connectivity index (χ0n) is 12.8. The van der Waals surface area contributed by atoms with Crippen LogP contribution in [0, 0.1) is 0 Å². The molecule has 116 valence electrons. The average molecular weight is 309 g/mol. The zero-order valence-corrected chi connectivity index (χ0v) is 13.6. The molecule has 1 unspecified atom stereocenters. The molecule has 0 saturated carbocycles. The molecular weight excluding hydrogens is 286 g/mol. The maximum absolute atomic E-state index is 11.1. The van der Waals surface area contributed by atoms with Crippen molar-refractivity contribution in [2.24, 2.45) is 0 Å². The number of hydrogen-bond acceptors (Lipinski definition) is 3. The van der Waals surface area contributed by atoms with Gasteiger partial charge in [-0.05, 0) is 18.4 Å². The van der Waals surface area contributed by atoms with Gasteiger partial charge in [-0.1, -0.05) is 44.2 Å². The van der Waals surface area contributed by atoms with E-state index >= 15 is 0 Å². The largest absolute Gasteiger partial charge is 0.480 e. The summed E-state index contributed by atoms with van der Waals surface area (Å²) in [5.41, 5.74) is 1.26. The molecule has 1 amide bonds. The summed E-state index contributed by atoms with van der Waals surface area (Å²) in [5.74, 6) is -0.391. The van der Waals surface area contributed by atoms with Crippen molar-refractivity contribution < 1.29 is 14.7 Å². The van der Waals surface area contributed by atoms with E-state index in [-0.39, 0.29) is 10.7 Å². The number of rotatable bonds is 8. The highest BCUT2D eigenvalue weighted by Crippen LogP contribution is 2.32. The highest BCUT2D eigenvalue weighted by molar-refractivity contribution is 7.99. The third-order valence-corrected chi connectivity index (χ3v) is 4.65. The van der Waals surface area contributed by atoms with E-state index in [0.29, 0.717) is 6.42 Å². The normalized spacial score (nSPS) is 12.7. The molecule has 21 heavy (non-hydrogen) atoms. The van der Waals surface area contributed by atoms with Crippen LogP contribution in [-0.2, 0) is 15.3 Å². The highest BCUT2D eigenvalue weighted by Gasteiger charge is 2.24. The molecule has 0 heterocycles. The Hall–Kier alpha value is -1.49. The maximum atomic E-state index is 11.1. The highest BCUT2D eigenvalue weighted by atomic mass is 32.2. The lowest BCUT2D eigenvalue weighted by atomic mass is 10.0. The van der Waals surface area contributed by atoms with Gasteiger partial charge in [-0.25, -0.2) is 4.79 Å². The summed E-state index contributed by atoms with van der Waals surface area (Å²) < 4.78 is -0.0397. The van der Waals surface area contributed by atoms with Gasteiger partial charge in [0, 0.05) is 17.4 Å². The number of aliphatic carboxylic acids is 1. The smallest absolute Gasteiger partial charge is 0.326 e. The lowest BCUT2D eigenvalue weighted by Gasteiger charge is -2.26. The van der Waals surface area contributed by atoms with Gasteiger partial charge in [-0.2, -0.15) is 11.8 Å².